The molecule has 1 aromatic rings. The number of hydrogen-bond acceptors (Lipinski definition) is 2. The SMILES string of the molecule is CC(CN1CCCC1)C(=O)c1ccccc1Br. The Labute approximate surface area is 111 Å². The van der Waals surface area contributed by atoms with E-state index in [9.17, 15) is 4.79 Å². The van der Waals surface area contributed by atoms with Crippen molar-refractivity contribution in [1.82, 2.24) is 4.90 Å². The first-order valence-corrected chi connectivity index (χ1v) is 6.99. The summed E-state index contributed by atoms with van der Waals surface area (Å²) in [4.78, 5) is 14.7. The van der Waals surface area contributed by atoms with Gasteiger partial charge in [0, 0.05) is 22.5 Å². The van der Waals surface area contributed by atoms with Crippen LogP contribution in [0.3, 0.4) is 0 Å². The van der Waals surface area contributed by atoms with Crippen molar-refractivity contribution >= 4 is 21.7 Å². The molecule has 1 aromatic carbocycles. The van der Waals surface area contributed by atoms with Gasteiger partial charge in [0.2, 0.25) is 0 Å². The first-order valence-electron chi connectivity index (χ1n) is 6.19. The van der Waals surface area contributed by atoms with E-state index in [1.807, 2.05) is 31.2 Å². The van der Waals surface area contributed by atoms with E-state index in [0.717, 1.165) is 29.7 Å². The van der Waals surface area contributed by atoms with Gasteiger partial charge in [-0.1, -0.05) is 41.1 Å². The molecule has 0 spiro atoms. The van der Waals surface area contributed by atoms with Crippen LogP contribution in [0.5, 0.6) is 0 Å². The molecule has 1 fully saturated rings. The molecule has 0 radical (unpaired) electrons. The summed E-state index contributed by atoms with van der Waals surface area (Å²) in [6.45, 7) is 5.21. The van der Waals surface area contributed by atoms with Crippen LogP contribution in [-0.4, -0.2) is 30.3 Å². The number of hydrogen-bond donors (Lipinski definition) is 0. The Balaban J connectivity index is 2.01. The van der Waals surface area contributed by atoms with E-state index in [4.69, 9.17) is 0 Å². The van der Waals surface area contributed by atoms with Crippen LogP contribution in [0.4, 0.5) is 0 Å². The fraction of sp³-hybridized carbons (Fsp3) is 0.500. The van der Waals surface area contributed by atoms with Crippen LogP contribution in [0.25, 0.3) is 0 Å². The highest BCUT2D eigenvalue weighted by Crippen LogP contribution is 2.20. The van der Waals surface area contributed by atoms with Crippen molar-refractivity contribution in [3.63, 3.8) is 0 Å². The predicted molar refractivity (Wildman–Crippen MR) is 73.3 cm³/mol. The molecule has 1 heterocycles. The minimum absolute atomic E-state index is 0.0757. The van der Waals surface area contributed by atoms with E-state index in [2.05, 4.69) is 20.8 Å². The summed E-state index contributed by atoms with van der Waals surface area (Å²) in [5.41, 5.74) is 0.805. The van der Waals surface area contributed by atoms with Crippen LogP contribution in [0, 0.1) is 5.92 Å². The van der Waals surface area contributed by atoms with Gasteiger partial charge in [-0.05, 0) is 32.0 Å². The van der Waals surface area contributed by atoms with E-state index in [-0.39, 0.29) is 11.7 Å². The highest BCUT2D eigenvalue weighted by atomic mass is 79.9. The molecule has 0 amide bonds. The largest absolute Gasteiger partial charge is 0.303 e. The van der Waals surface area contributed by atoms with E-state index < -0.39 is 0 Å². The maximum Gasteiger partial charge on any atom is 0.168 e. The van der Waals surface area contributed by atoms with Crippen LogP contribution in [0.2, 0.25) is 0 Å². The lowest BCUT2D eigenvalue weighted by molar-refractivity contribution is 0.0902. The van der Waals surface area contributed by atoms with Gasteiger partial charge in [0.1, 0.15) is 0 Å². The predicted octanol–water partition coefficient (Wildman–Crippen LogP) is 3.36. The standard InChI is InChI=1S/C14H18BrNO/c1-11(10-16-8-4-5-9-16)14(17)12-6-2-3-7-13(12)15/h2-3,6-7,11H,4-5,8-10H2,1H3. The normalized spacial score (nSPS) is 18.2. The molecule has 0 aliphatic carbocycles. The molecule has 0 N–H and O–H groups in total. The van der Waals surface area contributed by atoms with Gasteiger partial charge in [0.05, 0.1) is 0 Å². The minimum atomic E-state index is 0.0757. The van der Waals surface area contributed by atoms with Crippen molar-refractivity contribution in [1.29, 1.82) is 0 Å². The average Bonchev–Trinajstić information content (AvgIpc) is 2.81. The summed E-state index contributed by atoms with van der Waals surface area (Å²) in [5, 5.41) is 0. The Bertz CT molecular complexity index is 399. The number of halogens is 1. The average molecular weight is 296 g/mol. The summed E-state index contributed by atoms with van der Waals surface area (Å²) in [5.74, 6) is 0.316. The third kappa shape index (κ3) is 3.17. The van der Waals surface area contributed by atoms with Crippen LogP contribution in [-0.2, 0) is 0 Å². The van der Waals surface area contributed by atoms with Gasteiger partial charge >= 0.3 is 0 Å². The van der Waals surface area contributed by atoms with E-state index >= 15 is 0 Å². The molecule has 17 heavy (non-hydrogen) atoms. The Kier molecular flexibility index (Phi) is 4.35. The van der Waals surface area contributed by atoms with E-state index in [1.165, 1.54) is 12.8 Å². The lowest BCUT2D eigenvalue weighted by atomic mass is 9.99. The van der Waals surface area contributed by atoms with Crippen molar-refractivity contribution in [2.45, 2.75) is 19.8 Å². The topological polar surface area (TPSA) is 20.3 Å². The Morgan fingerprint density at radius 2 is 2.00 bits per heavy atom. The van der Waals surface area contributed by atoms with Gasteiger partial charge in [0.15, 0.2) is 5.78 Å². The number of ketones is 1. The molecule has 1 atom stereocenters. The molecule has 2 rings (SSSR count). The monoisotopic (exact) mass is 295 g/mol. The summed E-state index contributed by atoms with van der Waals surface area (Å²) >= 11 is 3.44. The van der Waals surface area contributed by atoms with Gasteiger partial charge < -0.3 is 4.90 Å². The second-order valence-electron chi connectivity index (χ2n) is 4.75. The summed E-state index contributed by atoms with van der Waals surface area (Å²) in [7, 11) is 0. The fourth-order valence-corrected chi connectivity index (χ4v) is 2.84. The number of carbonyl (C=O) groups excluding carboxylic acids is 1. The number of Topliss-reactive ketones (excluding diaryl/α,β-unsaturated/α-hetero) is 1. The van der Waals surface area contributed by atoms with Crippen LogP contribution < -0.4 is 0 Å². The molecule has 1 aliphatic rings. The van der Waals surface area contributed by atoms with Crippen molar-refractivity contribution in [3.8, 4) is 0 Å². The lowest BCUT2D eigenvalue weighted by Gasteiger charge is -2.19. The van der Waals surface area contributed by atoms with Crippen LogP contribution >= 0.6 is 15.9 Å². The highest BCUT2D eigenvalue weighted by molar-refractivity contribution is 9.10. The number of nitrogens with zero attached hydrogens (tertiary/aromatic N) is 1. The molecule has 0 saturated carbocycles. The van der Waals surface area contributed by atoms with Crippen LogP contribution in [0.15, 0.2) is 28.7 Å². The zero-order valence-corrected chi connectivity index (χ0v) is 11.7. The summed E-state index contributed by atoms with van der Waals surface area (Å²) < 4.78 is 0.901. The second kappa shape index (κ2) is 5.78. The molecule has 0 bridgehead atoms. The third-order valence-corrected chi connectivity index (χ3v) is 4.01. The van der Waals surface area contributed by atoms with Gasteiger partial charge in [-0.15, -0.1) is 0 Å². The Morgan fingerprint density at radius 3 is 2.65 bits per heavy atom. The second-order valence-corrected chi connectivity index (χ2v) is 5.61. The quantitative estimate of drug-likeness (QED) is 0.794. The molecule has 1 saturated heterocycles. The Morgan fingerprint density at radius 1 is 1.35 bits per heavy atom. The maximum atomic E-state index is 12.3. The van der Waals surface area contributed by atoms with Crippen molar-refractivity contribution < 1.29 is 4.79 Å². The Hall–Kier alpha value is -0.670. The van der Waals surface area contributed by atoms with Crippen molar-refractivity contribution in [3.05, 3.63) is 34.3 Å². The van der Waals surface area contributed by atoms with E-state index in [0.29, 0.717) is 0 Å². The molecule has 1 unspecified atom stereocenters. The van der Waals surface area contributed by atoms with Gasteiger partial charge in [-0.2, -0.15) is 0 Å². The molecule has 3 heteroatoms. The number of benzene rings is 1. The fourth-order valence-electron chi connectivity index (χ4n) is 2.36. The van der Waals surface area contributed by atoms with Crippen molar-refractivity contribution in [2.24, 2.45) is 5.92 Å². The van der Waals surface area contributed by atoms with E-state index in [1.54, 1.807) is 0 Å². The first-order chi connectivity index (χ1) is 8.18. The van der Waals surface area contributed by atoms with Gasteiger partial charge in [0.25, 0.3) is 0 Å². The zero-order valence-electron chi connectivity index (χ0n) is 10.2. The first kappa shape index (κ1) is 12.8. The summed E-state index contributed by atoms with van der Waals surface area (Å²) in [6.07, 6.45) is 2.55. The lowest BCUT2D eigenvalue weighted by Crippen LogP contribution is -2.29. The molecule has 92 valence electrons. The van der Waals surface area contributed by atoms with Gasteiger partial charge in [-0.3, -0.25) is 4.79 Å². The molecule has 0 aromatic heterocycles. The molecular formula is C14H18BrNO. The number of carbonyl (C=O) groups is 1. The van der Waals surface area contributed by atoms with Gasteiger partial charge in [-0.25, -0.2) is 0 Å². The molecule has 2 nitrogen and oxygen atoms in total. The number of likely N-dealkylation sites (tertiary alicyclic amines) is 1. The zero-order chi connectivity index (χ0) is 12.3. The van der Waals surface area contributed by atoms with Crippen LogP contribution in [0.1, 0.15) is 30.1 Å². The minimum Gasteiger partial charge on any atom is -0.303 e. The third-order valence-electron chi connectivity index (χ3n) is 3.32. The smallest absolute Gasteiger partial charge is 0.168 e. The van der Waals surface area contributed by atoms with Crippen molar-refractivity contribution in [2.75, 3.05) is 19.6 Å². The summed E-state index contributed by atoms with van der Waals surface area (Å²) in [6, 6.07) is 7.68. The molecule has 1 aliphatic heterocycles. The molecular weight excluding hydrogens is 278 g/mol. The highest BCUT2D eigenvalue weighted by Gasteiger charge is 2.21. The number of rotatable bonds is 4. The maximum absolute atomic E-state index is 12.3.